The lowest BCUT2D eigenvalue weighted by Gasteiger charge is -2.07. The largest absolute Gasteiger partial charge is 0.378 e. The fraction of sp³-hybridized carbons (Fsp3) is 0.111. The standard InChI is InChI=1S/C9H7BrClF2N/c1-5(11)4-14-9-3-7(12)6(10)2-8(9)13/h2-3,14H,1,4H2. The van der Waals surface area contributed by atoms with Gasteiger partial charge in [0.1, 0.15) is 11.6 Å². The minimum absolute atomic E-state index is 0.0625. The molecule has 0 aromatic heterocycles. The summed E-state index contributed by atoms with van der Waals surface area (Å²) in [5, 5.41) is 2.94. The van der Waals surface area contributed by atoms with Gasteiger partial charge >= 0.3 is 0 Å². The zero-order valence-corrected chi connectivity index (χ0v) is 9.42. The van der Waals surface area contributed by atoms with E-state index in [2.05, 4.69) is 27.8 Å². The topological polar surface area (TPSA) is 12.0 Å². The first-order valence-corrected chi connectivity index (χ1v) is 4.89. The number of rotatable bonds is 3. The lowest BCUT2D eigenvalue weighted by atomic mass is 10.3. The molecule has 5 heteroatoms. The molecule has 0 spiro atoms. The van der Waals surface area contributed by atoms with Crippen molar-refractivity contribution in [2.75, 3.05) is 11.9 Å². The molecular formula is C9H7BrClF2N. The van der Waals surface area contributed by atoms with Crippen LogP contribution in [0, 0.1) is 11.6 Å². The highest BCUT2D eigenvalue weighted by Gasteiger charge is 2.07. The van der Waals surface area contributed by atoms with Crippen molar-refractivity contribution in [3.05, 3.63) is 39.9 Å². The Balaban J connectivity index is 2.87. The van der Waals surface area contributed by atoms with Crippen molar-refractivity contribution in [1.82, 2.24) is 0 Å². The second-order valence-corrected chi connectivity index (χ2v) is 4.01. The molecule has 1 nitrogen and oxygen atoms in total. The van der Waals surface area contributed by atoms with Gasteiger partial charge in [-0.1, -0.05) is 18.2 Å². The third-order valence-electron chi connectivity index (χ3n) is 1.48. The summed E-state index contributed by atoms with van der Waals surface area (Å²) in [7, 11) is 0. The number of halogens is 4. The van der Waals surface area contributed by atoms with E-state index in [4.69, 9.17) is 11.6 Å². The van der Waals surface area contributed by atoms with Crippen molar-refractivity contribution in [3.63, 3.8) is 0 Å². The summed E-state index contributed by atoms with van der Waals surface area (Å²) in [6.45, 7) is 3.61. The van der Waals surface area contributed by atoms with Gasteiger partial charge in [-0.3, -0.25) is 0 Å². The van der Waals surface area contributed by atoms with Gasteiger partial charge in [-0.15, -0.1) is 0 Å². The molecule has 0 aliphatic rings. The lowest BCUT2D eigenvalue weighted by molar-refractivity contribution is 0.597. The van der Waals surface area contributed by atoms with Gasteiger partial charge < -0.3 is 5.32 Å². The van der Waals surface area contributed by atoms with Crippen molar-refractivity contribution in [3.8, 4) is 0 Å². The summed E-state index contributed by atoms with van der Waals surface area (Å²) in [6.07, 6.45) is 0. The van der Waals surface area contributed by atoms with E-state index in [9.17, 15) is 8.78 Å². The van der Waals surface area contributed by atoms with Gasteiger partial charge in [0.25, 0.3) is 0 Å². The van der Waals surface area contributed by atoms with Crippen LogP contribution in [0.15, 0.2) is 28.2 Å². The highest BCUT2D eigenvalue weighted by molar-refractivity contribution is 9.10. The van der Waals surface area contributed by atoms with Crippen molar-refractivity contribution in [1.29, 1.82) is 0 Å². The molecule has 0 aliphatic heterocycles. The smallest absolute Gasteiger partial charge is 0.147 e. The van der Waals surface area contributed by atoms with Gasteiger partial charge in [-0.05, 0) is 22.0 Å². The predicted molar refractivity (Wildman–Crippen MR) is 57.5 cm³/mol. The van der Waals surface area contributed by atoms with E-state index in [0.29, 0.717) is 5.03 Å². The minimum Gasteiger partial charge on any atom is -0.378 e. The van der Waals surface area contributed by atoms with Gasteiger partial charge in [0, 0.05) is 11.1 Å². The monoisotopic (exact) mass is 281 g/mol. The van der Waals surface area contributed by atoms with Crippen LogP contribution in [0.1, 0.15) is 0 Å². The minimum atomic E-state index is -0.545. The fourth-order valence-corrected chi connectivity index (χ4v) is 1.23. The molecule has 1 rings (SSSR count). The van der Waals surface area contributed by atoms with Crippen LogP contribution in [-0.2, 0) is 0 Å². The quantitative estimate of drug-likeness (QED) is 0.829. The molecule has 0 fully saturated rings. The number of anilines is 1. The van der Waals surface area contributed by atoms with E-state index in [1.54, 1.807) is 0 Å². The van der Waals surface area contributed by atoms with E-state index in [1.807, 2.05) is 0 Å². The zero-order chi connectivity index (χ0) is 10.7. The highest BCUT2D eigenvalue weighted by atomic mass is 79.9. The van der Waals surface area contributed by atoms with Crippen molar-refractivity contribution in [2.45, 2.75) is 0 Å². The Hall–Kier alpha value is -0.610. The van der Waals surface area contributed by atoms with Crippen LogP contribution >= 0.6 is 27.5 Å². The van der Waals surface area contributed by atoms with E-state index >= 15 is 0 Å². The summed E-state index contributed by atoms with van der Waals surface area (Å²) >= 11 is 8.34. The van der Waals surface area contributed by atoms with E-state index in [0.717, 1.165) is 12.1 Å². The number of hydrogen-bond donors (Lipinski definition) is 1. The second kappa shape index (κ2) is 4.75. The Bertz CT molecular complexity index is 368. The molecular weight excluding hydrogens is 275 g/mol. The summed E-state index contributed by atoms with van der Waals surface area (Å²) in [4.78, 5) is 0. The van der Waals surface area contributed by atoms with Gasteiger partial charge in [0.15, 0.2) is 0 Å². The van der Waals surface area contributed by atoms with Crippen LogP contribution in [0.5, 0.6) is 0 Å². The summed E-state index contributed by atoms with van der Waals surface area (Å²) in [6, 6.07) is 2.11. The first-order chi connectivity index (χ1) is 6.50. The van der Waals surface area contributed by atoms with Gasteiger partial charge in [0.2, 0.25) is 0 Å². The molecule has 14 heavy (non-hydrogen) atoms. The van der Waals surface area contributed by atoms with Crippen LogP contribution in [-0.4, -0.2) is 6.54 Å². The maximum Gasteiger partial charge on any atom is 0.147 e. The van der Waals surface area contributed by atoms with Crippen LogP contribution in [0.2, 0.25) is 0 Å². The average molecular weight is 283 g/mol. The fourth-order valence-electron chi connectivity index (χ4n) is 0.849. The van der Waals surface area contributed by atoms with Crippen LogP contribution in [0.3, 0.4) is 0 Å². The molecule has 0 aliphatic carbocycles. The number of benzene rings is 1. The number of nitrogens with one attached hydrogen (secondary N) is 1. The Morgan fingerprint density at radius 2 is 2.07 bits per heavy atom. The molecule has 1 N–H and O–H groups in total. The third-order valence-corrected chi connectivity index (χ3v) is 2.22. The normalized spacial score (nSPS) is 10.0. The van der Waals surface area contributed by atoms with E-state index < -0.39 is 11.6 Å². The third kappa shape index (κ3) is 2.96. The molecule has 0 bridgehead atoms. The van der Waals surface area contributed by atoms with Crippen LogP contribution in [0.25, 0.3) is 0 Å². The number of hydrogen-bond acceptors (Lipinski definition) is 1. The maximum absolute atomic E-state index is 13.1. The summed E-state index contributed by atoms with van der Waals surface area (Å²) in [5.74, 6) is -1.08. The molecule has 76 valence electrons. The maximum atomic E-state index is 13.1. The van der Waals surface area contributed by atoms with Crippen molar-refractivity contribution < 1.29 is 8.78 Å². The first kappa shape index (κ1) is 11.5. The highest BCUT2D eigenvalue weighted by Crippen LogP contribution is 2.23. The summed E-state index contributed by atoms with van der Waals surface area (Å²) < 4.78 is 26.2. The molecule has 0 heterocycles. The van der Waals surface area contributed by atoms with Crippen LogP contribution < -0.4 is 5.32 Å². The molecule has 0 amide bonds. The zero-order valence-electron chi connectivity index (χ0n) is 7.08. The molecule has 1 aromatic rings. The van der Waals surface area contributed by atoms with E-state index in [1.165, 1.54) is 0 Å². The Labute approximate surface area is 93.9 Å². The molecule has 0 saturated carbocycles. The van der Waals surface area contributed by atoms with Gasteiger partial charge in [-0.2, -0.15) is 0 Å². The Kier molecular flexibility index (Phi) is 3.89. The van der Waals surface area contributed by atoms with E-state index in [-0.39, 0.29) is 16.7 Å². The lowest BCUT2D eigenvalue weighted by Crippen LogP contribution is -2.03. The van der Waals surface area contributed by atoms with Gasteiger partial charge in [-0.25, -0.2) is 8.78 Å². The van der Waals surface area contributed by atoms with Gasteiger partial charge in [0.05, 0.1) is 16.7 Å². The molecule has 0 atom stereocenters. The van der Waals surface area contributed by atoms with Crippen LogP contribution in [0.4, 0.5) is 14.5 Å². The molecule has 1 aromatic carbocycles. The first-order valence-electron chi connectivity index (χ1n) is 3.72. The Morgan fingerprint density at radius 1 is 1.43 bits per heavy atom. The summed E-state index contributed by atoms with van der Waals surface area (Å²) in [5.41, 5.74) is 0.0625. The van der Waals surface area contributed by atoms with Crippen molar-refractivity contribution >= 4 is 33.2 Å². The molecule has 0 saturated heterocycles. The SMILES string of the molecule is C=C(Cl)CNc1cc(F)c(Br)cc1F. The van der Waals surface area contributed by atoms with Crippen molar-refractivity contribution in [2.24, 2.45) is 0 Å². The molecule has 0 radical (unpaired) electrons. The Morgan fingerprint density at radius 3 is 2.64 bits per heavy atom. The molecule has 0 unspecified atom stereocenters. The average Bonchev–Trinajstić information content (AvgIpc) is 2.09. The predicted octanol–water partition coefficient (Wildman–Crippen LogP) is 3.89. The second-order valence-electron chi connectivity index (χ2n) is 2.62.